The van der Waals surface area contributed by atoms with Gasteiger partial charge < -0.3 is 14.8 Å². The lowest BCUT2D eigenvalue weighted by Gasteiger charge is -2.01. The topological polar surface area (TPSA) is 79.4 Å². The van der Waals surface area contributed by atoms with Crippen LogP contribution in [0.2, 0.25) is 0 Å². The predicted molar refractivity (Wildman–Crippen MR) is 65.7 cm³/mol. The van der Waals surface area contributed by atoms with Gasteiger partial charge >= 0.3 is 11.9 Å². The Balaban J connectivity index is 2.56. The molecule has 0 bridgehead atoms. The molecule has 1 heterocycles. The van der Waals surface area contributed by atoms with Crippen LogP contribution in [0.3, 0.4) is 0 Å². The van der Waals surface area contributed by atoms with Gasteiger partial charge in [-0.25, -0.2) is 4.79 Å². The van der Waals surface area contributed by atoms with Crippen LogP contribution in [0.1, 0.15) is 21.6 Å². The van der Waals surface area contributed by atoms with E-state index < -0.39 is 5.97 Å². The molecule has 0 spiro atoms. The molecule has 2 N–H and O–H groups in total. The Morgan fingerprint density at radius 2 is 2.11 bits per heavy atom. The van der Waals surface area contributed by atoms with Gasteiger partial charge in [-0.05, 0) is 30.7 Å². The summed E-state index contributed by atoms with van der Waals surface area (Å²) in [6.45, 7) is 1.85. The number of aromatic nitrogens is 1. The summed E-state index contributed by atoms with van der Waals surface area (Å²) in [6.07, 6.45) is 0.130. The van der Waals surface area contributed by atoms with Crippen LogP contribution < -0.4 is 0 Å². The maximum absolute atomic E-state index is 11.3. The van der Waals surface area contributed by atoms with Crippen LogP contribution in [0.5, 0.6) is 0 Å². The quantitative estimate of drug-likeness (QED) is 0.812. The summed E-state index contributed by atoms with van der Waals surface area (Å²) in [4.78, 5) is 25.4. The molecule has 0 fully saturated rings. The summed E-state index contributed by atoms with van der Waals surface area (Å²) in [5, 5.41) is 9.72. The van der Waals surface area contributed by atoms with E-state index in [2.05, 4.69) is 9.72 Å². The Labute approximate surface area is 103 Å². The van der Waals surface area contributed by atoms with Crippen molar-refractivity contribution in [2.75, 3.05) is 7.11 Å². The minimum Gasteiger partial charge on any atom is -0.478 e. The number of aromatic amines is 1. The van der Waals surface area contributed by atoms with E-state index in [0.717, 1.165) is 22.2 Å². The van der Waals surface area contributed by atoms with Gasteiger partial charge in [-0.2, -0.15) is 0 Å². The van der Waals surface area contributed by atoms with Crippen LogP contribution >= 0.6 is 0 Å². The Morgan fingerprint density at radius 3 is 2.72 bits per heavy atom. The van der Waals surface area contributed by atoms with Crippen LogP contribution in [-0.4, -0.2) is 29.1 Å². The number of methoxy groups -OCH3 is 1. The first-order valence-corrected chi connectivity index (χ1v) is 5.44. The average Bonchev–Trinajstić information content (AvgIpc) is 2.65. The molecule has 0 saturated heterocycles. The summed E-state index contributed by atoms with van der Waals surface area (Å²) in [7, 11) is 1.33. The first kappa shape index (κ1) is 12.2. The van der Waals surface area contributed by atoms with Crippen LogP contribution in [0.25, 0.3) is 10.9 Å². The van der Waals surface area contributed by atoms with Crippen molar-refractivity contribution in [3.63, 3.8) is 0 Å². The molecule has 0 saturated carbocycles. The molecule has 5 heteroatoms. The third-order valence-corrected chi connectivity index (χ3v) is 2.92. The number of nitrogens with one attached hydrogen (secondary N) is 1. The van der Waals surface area contributed by atoms with E-state index in [1.807, 2.05) is 6.92 Å². The summed E-state index contributed by atoms with van der Waals surface area (Å²) >= 11 is 0. The van der Waals surface area contributed by atoms with Crippen molar-refractivity contribution in [2.24, 2.45) is 0 Å². The van der Waals surface area contributed by atoms with Crippen molar-refractivity contribution in [2.45, 2.75) is 13.3 Å². The second-order valence-corrected chi connectivity index (χ2v) is 4.05. The maximum Gasteiger partial charge on any atom is 0.335 e. The van der Waals surface area contributed by atoms with Gasteiger partial charge in [0, 0.05) is 16.6 Å². The minimum absolute atomic E-state index is 0.130. The van der Waals surface area contributed by atoms with E-state index in [-0.39, 0.29) is 18.0 Å². The predicted octanol–water partition coefficient (Wildman–Crippen LogP) is 1.89. The van der Waals surface area contributed by atoms with E-state index in [1.54, 1.807) is 12.1 Å². The highest BCUT2D eigenvalue weighted by atomic mass is 16.5. The molecular weight excluding hydrogens is 234 g/mol. The fourth-order valence-corrected chi connectivity index (χ4v) is 1.96. The number of carboxylic acid groups (broad SMARTS) is 1. The number of rotatable bonds is 3. The maximum atomic E-state index is 11.3. The number of fused-ring (bicyclic) bond motifs is 1. The van der Waals surface area contributed by atoms with Crippen LogP contribution in [0, 0.1) is 6.92 Å². The van der Waals surface area contributed by atoms with E-state index in [1.165, 1.54) is 13.2 Å². The summed E-state index contributed by atoms with van der Waals surface area (Å²) in [5.74, 6) is -1.33. The summed E-state index contributed by atoms with van der Waals surface area (Å²) in [5.41, 5.74) is 2.64. The number of hydrogen-bond acceptors (Lipinski definition) is 3. The van der Waals surface area contributed by atoms with Crippen molar-refractivity contribution in [3.8, 4) is 0 Å². The lowest BCUT2D eigenvalue weighted by Crippen LogP contribution is -2.05. The zero-order chi connectivity index (χ0) is 13.3. The molecule has 0 unspecified atom stereocenters. The molecule has 0 amide bonds. The number of esters is 1. The SMILES string of the molecule is COC(=O)Cc1c(C)[nH]c2ccc(C(=O)O)cc12. The van der Waals surface area contributed by atoms with Gasteiger partial charge in [-0.1, -0.05) is 0 Å². The lowest BCUT2D eigenvalue weighted by atomic mass is 10.1. The zero-order valence-corrected chi connectivity index (χ0v) is 10.1. The molecule has 0 aliphatic carbocycles. The van der Waals surface area contributed by atoms with Crippen LogP contribution in [0.4, 0.5) is 0 Å². The van der Waals surface area contributed by atoms with Gasteiger partial charge in [-0.15, -0.1) is 0 Å². The highest BCUT2D eigenvalue weighted by Gasteiger charge is 2.14. The Kier molecular flexibility index (Phi) is 3.06. The number of carbonyl (C=O) groups excluding carboxylic acids is 1. The van der Waals surface area contributed by atoms with Crippen molar-refractivity contribution in [3.05, 3.63) is 35.0 Å². The third-order valence-electron chi connectivity index (χ3n) is 2.92. The van der Waals surface area contributed by atoms with Gasteiger partial charge in [0.05, 0.1) is 19.1 Å². The van der Waals surface area contributed by atoms with E-state index in [9.17, 15) is 9.59 Å². The second-order valence-electron chi connectivity index (χ2n) is 4.05. The first-order chi connectivity index (χ1) is 8.52. The van der Waals surface area contributed by atoms with Crippen molar-refractivity contribution in [1.29, 1.82) is 0 Å². The number of aromatic carboxylic acids is 1. The normalized spacial score (nSPS) is 10.6. The third kappa shape index (κ3) is 2.07. The lowest BCUT2D eigenvalue weighted by molar-refractivity contribution is -0.139. The molecule has 94 valence electrons. The van der Waals surface area contributed by atoms with E-state index >= 15 is 0 Å². The molecule has 5 nitrogen and oxygen atoms in total. The Bertz CT molecular complexity index is 627. The molecule has 1 aromatic heterocycles. The van der Waals surface area contributed by atoms with Gasteiger partial charge in [0.25, 0.3) is 0 Å². The Hall–Kier alpha value is -2.30. The van der Waals surface area contributed by atoms with E-state index in [4.69, 9.17) is 5.11 Å². The molecule has 0 atom stereocenters. The number of carbonyl (C=O) groups is 2. The molecule has 0 radical (unpaired) electrons. The van der Waals surface area contributed by atoms with E-state index in [0.29, 0.717) is 0 Å². The molecule has 2 rings (SSSR count). The van der Waals surface area contributed by atoms with Crippen LogP contribution in [0.15, 0.2) is 18.2 Å². The highest BCUT2D eigenvalue weighted by Crippen LogP contribution is 2.24. The molecule has 1 aromatic carbocycles. The highest BCUT2D eigenvalue weighted by molar-refractivity contribution is 5.96. The van der Waals surface area contributed by atoms with Crippen LogP contribution in [-0.2, 0) is 16.0 Å². The summed E-state index contributed by atoms with van der Waals surface area (Å²) < 4.78 is 4.64. The summed E-state index contributed by atoms with van der Waals surface area (Å²) in [6, 6.07) is 4.80. The fourth-order valence-electron chi connectivity index (χ4n) is 1.96. The van der Waals surface area contributed by atoms with Crippen molar-refractivity contribution in [1.82, 2.24) is 4.98 Å². The molecule has 18 heavy (non-hydrogen) atoms. The molecule has 0 aliphatic heterocycles. The molecular formula is C13H13NO4. The number of ether oxygens (including phenoxy) is 1. The monoisotopic (exact) mass is 247 g/mol. The number of benzene rings is 1. The largest absolute Gasteiger partial charge is 0.478 e. The number of hydrogen-bond donors (Lipinski definition) is 2. The standard InChI is InChI=1S/C13H13NO4/c1-7-9(6-12(15)18-2)10-5-8(13(16)17)3-4-11(10)14-7/h3-5,14H,6H2,1-2H3,(H,16,17). The van der Waals surface area contributed by atoms with Gasteiger partial charge in [0.2, 0.25) is 0 Å². The molecule has 0 aliphatic rings. The zero-order valence-electron chi connectivity index (χ0n) is 10.1. The van der Waals surface area contributed by atoms with Crippen molar-refractivity contribution < 1.29 is 19.4 Å². The van der Waals surface area contributed by atoms with Crippen molar-refractivity contribution >= 4 is 22.8 Å². The smallest absolute Gasteiger partial charge is 0.335 e. The van der Waals surface area contributed by atoms with Gasteiger partial charge in [-0.3, -0.25) is 4.79 Å². The first-order valence-electron chi connectivity index (χ1n) is 5.44. The number of carboxylic acids is 1. The molecule has 2 aromatic rings. The second kappa shape index (κ2) is 4.52. The fraction of sp³-hybridized carbons (Fsp3) is 0.231. The van der Waals surface area contributed by atoms with Gasteiger partial charge in [0.1, 0.15) is 0 Å². The average molecular weight is 247 g/mol. The Morgan fingerprint density at radius 1 is 1.39 bits per heavy atom. The number of H-pyrrole nitrogens is 1. The minimum atomic E-state index is -0.986. The number of aryl methyl sites for hydroxylation is 1. The van der Waals surface area contributed by atoms with Gasteiger partial charge in [0.15, 0.2) is 0 Å².